The molecule has 1 aromatic heterocycles. The van der Waals surface area contributed by atoms with Gasteiger partial charge in [-0.15, -0.1) is 0 Å². The number of hydrogen-bond acceptors (Lipinski definition) is 4. The SMILES string of the molecule is CC(C)n1ccc(COc2ccc(S(N)(=O)=O)cc2Cl)n1. The number of benzene rings is 1. The fourth-order valence-corrected chi connectivity index (χ4v) is 2.51. The van der Waals surface area contributed by atoms with Crippen molar-refractivity contribution in [3.8, 4) is 5.75 Å². The largest absolute Gasteiger partial charge is 0.486 e. The Hall–Kier alpha value is -1.57. The molecule has 0 saturated heterocycles. The van der Waals surface area contributed by atoms with Gasteiger partial charge in [0, 0.05) is 12.2 Å². The van der Waals surface area contributed by atoms with E-state index in [0.29, 0.717) is 5.75 Å². The number of ether oxygens (including phenoxy) is 1. The number of nitrogens with zero attached hydrogens (tertiary/aromatic N) is 2. The number of halogens is 1. The first-order chi connectivity index (χ1) is 9.77. The highest BCUT2D eigenvalue weighted by atomic mass is 35.5. The number of rotatable bonds is 5. The van der Waals surface area contributed by atoms with E-state index in [1.807, 2.05) is 30.8 Å². The van der Waals surface area contributed by atoms with E-state index in [0.717, 1.165) is 5.69 Å². The Balaban J connectivity index is 2.09. The minimum absolute atomic E-state index is 0.0519. The number of primary sulfonamides is 1. The molecule has 2 aromatic rings. The average Bonchev–Trinajstić information content (AvgIpc) is 2.85. The molecule has 21 heavy (non-hydrogen) atoms. The van der Waals surface area contributed by atoms with Crippen molar-refractivity contribution in [1.82, 2.24) is 9.78 Å². The van der Waals surface area contributed by atoms with Crippen LogP contribution >= 0.6 is 11.6 Å². The van der Waals surface area contributed by atoms with Gasteiger partial charge in [-0.3, -0.25) is 4.68 Å². The van der Waals surface area contributed by atoms with Crippen LogP contribution in [0.2, 0.25) is 5.02 Å². The predicted molar refractivity (Wildman–Crippen MR) is 79.8 cm³/mol. The van der Waals surface area contributed by atoms with Crippen molar-refractivity contribution in [2.45, 2.75) is 31.4 Å². The second kappa shape index (κ2) is 6.05. The van der Waals surface area contributed by atoms with Crippen LogP contribution in [0.3, 0.4) is 0 Å². The van der Waals surface area contributed by atoms with Crippen molar-refractivity contribution in [1.29, 1.82) is 0 Å². The molecule has 0 unspecified atom stereocenters. The molecule has 0 fully saturated rings. The Kier molecular flexibility index (Phi) is 4.55. The van der Waals surface area contributed by atoms with Gasteiger partial charge in [0.25, 0.3) is 0 Å². The van der Waals surface area contributed by atoms with Crippen LogP contribution in [-0.4, -0.2) is 18.2 Å². The van der Waals surface area contributed by atoms with E-state index >= 15 is 0 Å². The van der Waals surface area contributed by atoms with E-state index < -0.39 is 10.0 Å². The van der Waals surface area contributed by atoms with Crippen LogP contribution in [0.4, 0.5) is 0 Å². The van der Waals surface area contributed by atoms with Gasteiger partial charge < -0.3 is 4.74 Å². The summed E-state index contributed by atoms with van der Waals surface area (Å²) in [6.45, 7) is 4.30. The maximum Gasteiger partial charge on any atom is 0.238 e. The van der Waals surface area contributed by atoms with Gasteiger partial charge in [0.05, 0.1) is 15.6 Å². The number of sulfonamides is 1. The van der Waals surface area contributed by atoms with E-state index in [1.54, 1.807) is 0 Å². The lowest BCUT2D eigenvalue weighted by molar-refractivity contribution is 0.298. The zero-order chi connectivity index (χ0) is 15.6. The number of hydrogen-bond donors (Lipinski definition) is 1. The molecule has 1 aromatic carbocycles. The first-order valence-corrected chi connectivity index (χ1v) is 8.19. The van der Waals surface area contributed by atoms with Crippen LogP contribution in [0.15, 0.2) is 35.4 Å². The van der Waals surface area contributed by atoms with Gasteiger partial charge in [0.1, 0.15) is 12.4 Å². The van der Waals surface area contributed by atoms with Crippen molar-refractivity contribution >= 4 is 21.6 Å². The minimum Gasteiger partial charge on any atom is -0.486 e. The summed E-state index contributed by atoms with van der Waals surface area (Å²) in [6, 6.07) is 6.22. The second-order valence-electron chi connectivity index (χ2n) is 4.81. The lowest BCUT2D eigenvalue weighted by atomic mass is 10.3. The standard InChI is InChI=1S/C13H16ClN3O3S/c1-9(2)17-6-5-10(16-17)8-20-13-4-3-11(7-12(13)14)21(15,18)19/h3-7,9H,8H2,1-2H3,(H2,15,18,19). The van der Waals surface area contributed by atoms with Crippen molar-refractivity contribution < 1.29 is 13.2 Å². The molecule has 0 aliphatic carbocycles. The van der Waals surface area contributed by atoms with E-state index in [-0.39, 0.29) is 22.6 Å². The van der Waals surface area contributed by atoms with Gasteiger partial charge in [-0.2, -0.15) is 5.10 Å². The van der Waals surface area contributed by atoms with Crippen molar-refractivity contribution in [3.05, 3.63) is 41.2 Å². The van der Waals surface area contributed by atoms with Crippen LogP contribution in [0, 0.1) is 0 Å². The average molecular weight is 330 g/mol. The monoisotopic (exact) mass is 329 g/mol. The van der Waals surface area contributed by atoms with Gasteiger partial charge in [-0.1, -0.05) is 11.6 Å². The maximum absolute atomic E-state index is 11.2. The van der Waals surface area contributed by atoms with E-state index in [4.69, 9.17) is 21.5 Å². The fraction of sp³-hybridized carbons (Fsp3) is 0.308. The summed E-state index contributed by atoms with van der Waals surface area (Å²) in [5, 5.41) is 9.56. The molecule has 2 N–H and O–H groups in total. The Labute approximate surface area is 128 Å². The molecule has 1 heterocycles. The maximum atomic E-state index is 11.2. The third-order valence-corrected chi connectivity index (χ3v) is 4.01. The van der Waals surface area contributed by atoms with Gasteiger partial charge in [0.2, 0.25) is 10.0 Å². The summed E-state index contributed by atoms with van der Waals surface area (Å²) in [5.74, 6) is 0.378. The first kappa shape index (κ1) is 15.8. The third-order valence-electron chi connectivity index (χ3n) is 2.80. The molecule has 0 amide bonds. The third kappa shape index (κ3) is 3.96. The summed E-state index contributed by atoms with van der Waals surface area (Å²) < 4.78 is 29.8. The molecule has 0 radical (unpaired) electrons. The summed E-state index contributed by atoms with van der Waals surface area (Å²) in [6.07, 6.45) is 1.87. The molecule has 8 heteroatoms. The molecule has 0 saturated carbocycles. The molecular formula is C13H16ClN3O3S. The summed E-state index contributed by atoms with van der Waals surface area (Å²) in [5.41, 5.74) is 0.760. The fourth-order valence-electron chi connectivity index (χ4n) is 1.67. The lowest BCUT2D eigenvalue weighted by Crippen LogP contribution is -2.12. The van der Waals surface area contributed by atoms with Crippen LogP contribution in [-0.2, 0) is 16.6 Å². The van der Waals surface area contributed by atoms with Crippen molar-refractivity contribution in [2.75, 3.05) is 0 Å². The lowest BCUT2D eigenvalue weighted by Gasteiger charge is -2.08. The Bertz CT molecular complexity index is 741. The zero-order valence-corrected chi connectivity index (χ0v) is 13.2. The summed E-state index contributed by atoms with van der Waals surface area (Å²) in [4.78, 5) is -0.0519. The van der Waals surface area contributed by atoms with Crippen LogP contribution in [0.25, 0.3) is 0 Å². The molecule has 0 spiro atoms. The number of nitrogens with two attached hydrogens (primary N) is 1. The van der Waals surface area contributed by atoms with Gasteiger partial charge in [-0.05, 0) is 38.1 Å². The normalized spacial score (nSPS) is 11.9. The highest BCUT2D eigenvalue weighted by Gasteiger charge is 2.12. The van der Waals surface area contributed by atoms with E-state index in [1.165, 1.54) is 18.2 Å². The van der Waals surface area contributed by atoms with Gasteiger partial charge in [-0.25, -0.2) is 13.6 Å². The Morgan fingerprint density at radius 2 is 2.10 bits per heavy atom. The van der Waals surface area contributed by atoms with Crippen molar-refractivity contribution in [3.63, 3.8) is 0 Å². The smallest absolute Gasteiger partial charge is 0.238 e. The predicted octanol–water partition coefficient (Wildman–Crippen LogP) is 2.34. The van der Waals surface area contributed by atoms with Crippen LogP contribution < -0.4 is 9.88 Å². The molecule has 0 aliphatic rings. The molecule has 0 atom stereocenters. The van der Waals surface area contributed by atoms with E-state index in [9.17, 15) is 8.42 Å². The zero-order valence-electron chi connectivity index (χ0n) is 11.7. The van der Waals surface area contributed by atoms with Gasteiger partial charge >= 0.3 is 0 Å². The van der Waals surface area contributed by atoms with E-state index in [2.05, 4.69) is 5.10 Å². The summed E-state index contributed by atoms with van der Waals surface area (Å²) in [7, 11) is -3.77. The van der Waals surface area contributed by atoms with Crippen LogP contribution in [0.5, 0.6) is 5.75 Å². The minimum atomic E-state index is -3.77. The highest BCUT2D eigenvalue weighted by molar-refractivity contribution is 7.89. The summed E-state index contributed by atoms with van der Waals surface area (Å²) >= 11 is 5.99. The quantitative estimate of drug-likeness (QED) is 0.912. The molecule has 0 bridgehead atoms. The highest BCUT2D eigenvalue weighted by Crippen LogP contribution is 2.27. The van der Waals surface area contributed by atoms with Crippen molar-refractivity contribution in [2.24, 2.45) is 5.14 Å². The Morgan fingerprint density at radius 3 is 2.62 bits per heavy atom. The molecular weight excluding hydrogens is 314 g/mol. The number of aromatic nitrogens is 2. The second-order valence-corrected chi connectivity index (χ2v) is 6.78. The molecule has 114 valence electrons. The Morgan fingerprint density at radius 1 is 1.38 bits per heavy atom. The molecule has 2 rings (SSSR count). The molecule has 0 aliphatic heterocycles. The molecule has 6 nitrogen and oxygen atoms in total. The topological polar surface area (TPSA) is 87.2 Å². The first-order valence-electron chi connectivity index (χ1n) is 6.26. The van der Waals surface area contributed by atoms with Gasteiger partial charge in [0.15, 0.2) is 0 Å². The van der Waals surface area contributed by atoms with Crippen LogP contribution in [0.1, 0.15) is 25.6 Å².